The summed E-state index contributed by atoms with van der Waals surface area (Å²) in [6.07, 6.45) is -3.79. The summed E-state index contributed by atoms with van der Waals surface area (Å²) >= 11 is 0. The van der Waals surface area contributed by atoms with E-state index < -0.39 is 312 Å². The van der Waals surface area contributed by atoms with E-state index in [9.17, 15) is 131 Å². The molecule has 0 radical (unpaired) electrons. The van der Waals surface area contributed by atoms with E-state index in [1.165, 1.54) is 84.6 Å². The number of hydrogen-bond acceptors (Lipinski definition) is 27. The smallest absolute Gasteiger partial charge is 0.326 e. The highest BCUT2D eigenvalue weighted by atomic mass is 16.4. The molecular formula is C95H158N22O27. The number of carboxylic acids is 2. The van der Waals surface area contributed by atoms with Crippen molar-refractivity contribution in [3.05, 3.63) is 29.8 Å². The minimum atomic E-state index is -1.96. The summed E-state index contributed by atoms with van der Waals surface area (Å²) in [6, 6.07) is -19.8. The molecule has 0 bridgehead atoms. The number of carbonyl (C=O) groups excluding carboxylic acids is 20. The number of nitrogens with two attached hydrogens (primary N) is 4. The molecule has 0 saturated carbocycles. The SMILES string of the molecule is CC[C@H](C)[C@H](NC(=O)[C@@H](NC(=O)[C@H](CC(C)C)NC(=O)[C@@H](NC(=O)CNC(=O)[C@H](Cc1ccc(O)cc1)NC(=O)[C@@H]1CCCN1C(=O)[C@H](CC(C)C)NC(=O)[C@@H](NC(=O)[C@@H](NC(=O)[C@@H](N)CCCCN)C(C)C)[C@@H](C)CC)[C@@H](C)O)C(C)C)C(=O)N[C@@H](CC(=O)O)C(=O)NCC(=O)N[C@H](C(=O)N[C@H](C(=O)N1CCC[C@H]1C(=O)N[C@@H](CC(N)=O)C(=O)N(C)[C@H](C(=O)N[C@@H](CC(N)=O)C(=O)O)C(C)(C)C)[C@@H](C)O)C(C)C. The molecule has 810 valence electrons. The van der Waals surface area contributed by atoms with Gasteiger partial charge < -0.3 is 143 Å². The molecule has 2 fully saturated rings. The molecule has 0 spiro atoms. The lowest BCUT2D eigenvalue weighted by molar-refractivity contribution is -0.149. The maximum Gasteiger partial charge on any atom is 0.326 e. The summed E-state index contributed by atoms with van der Waals surface area (Å²) in [6.45, 7) is 28.4. The van der Waals surface area contributed by atoms with Crippen molar-refractivity contribution in [3.63, 3.8) is 0 Å². The Morgan fingerprint density at radius 3 is 1.24 bits per heavy atom. The fourth-order valence-electron chi connectivity index (χ4n) is 16.5. The summed E-state index contributed by atoms with van der Waals surface area (Å²) in [4.78, 5) is 307. The van der Waals surface area contributed by atoms with Gasteiger partial charge in [0.05, 0.1) is 50.6 Å². The monoisotopic (exact) mass is 2040 g/mol. The largest absolute Gasteiger partial charge is 0.508 e. The van der Waals surface area contributed by atoms with Gasteiger partial charge in [-0.25, -0.2) is 4.79 Å². The van der Waals surface area contributed by atoms with Crippen LogP contribution in [0.2, 0.25) is 0 Å². The van der Waals surface area contributed by atoms with Gasteiger partial charge in [-0.2, -0.15) is 0 Å². The number of rotatable bonds is 60. The number of hydrogen-bond donors (Lipinski definition) is 24. The van der Waals surface area contributed by atoms with Crippen molar-refractivity contribution in [1.29, 1.82) is 0 Å². The molecule has 2 aliphatic rings. The van der Waals surface area contributed by atoms with E-state index in [-0.39, 0.29) is 75.6 Å². The third kappa shape index (κ3) is 40.1. The van der Waals surface area contributed by atoms with Gasteiger partial charge in [0.15, 0.2) is 0 Å². The van der Waals surface area contributed by atoms with E-state index in [1.54, 1.807) is 41.5 Å². The lowest BCUT2D eigenvalue weighted by Gasteiger charge is -2.39. The van der Waals surface area contributed by atoms with Crippen LogP contribution in [0.4, 0.5) is 0 Å². The average molecular weight is 2040 g/mol. The van der Waals surface area contributed by atoms with Crippen LogP contribution >= 0.6 is 0 Å². The zero-order valence-electron chi connectivity index (χ0n) is 86.3. The highest BCUT2D eigenvalue weighted by Crippen LogP contribution is 2.28. The number of nitrogens with one attached hydrogen (secondary N) is 15. The van der Waals surface area contributed by atoms with Crippen LogP contribution in [0, 0.1) is 46.8 Å². The first-order chi connectivity index (χ1) is 67.0. The molecule has 2 heterocycles. The number of likely N-dealkylation sites (N-methyl/N-ethyl adjacent to an activating group) is 1. The Hall–Kier alpha value is -12.8. The van der Waals surface area contributed by atoms with Crippen LogP contribution in [0.1, 0.15) is 227 Å². The van der Waals surface area contributed by atoms with Crippen molar-refractivity contribution in [2.75, 3.05) is 39.8 Å². The van der Waals surface area contributed by atoms with Crippen molar-refractivity contribution in [3.8, 4) is 5.75 Å². The fourth-order valence-corrected chi connectivity index (χ4v) is 16.5. The predicted molar refractivity (Wildman–Crippen MR) is 523 cm³/mol. The molecule has 49 nitrogen and oxygen atoms in total. The van der Waals surface area contributed by atoms with E-state index in [4.69, 9.17) is 22.9 Å². The van der Waals surface area contributed by atoms with Gasteiger partial charge in [-0.15, -0.1) is 0 Å². The number of amides is 20. The Balaban J connectivity index is 1.80. The molecule has 1 aromatic carbocycles. The molecule has 20 amide bonds. The number of benzene rings is 1. The average Bonchev–Trinajstić information content (AvgIpc) is 1.24. The van der Waals surface area contributed by atoms with E-state index >= 15 is 0 Å². The molecule has 49 heteroatoms. The normalized spacial score (nSPS) is 17.6. The lowest BCUT2D eigenvalue weighted by atomic mass is 9.84. The second-order valence-corrected chi connectivity index (χ2v) is 40.2. The number of phenolic OH excluding ortho intramolecular Hbond substituents is 1. The van der Waals surface area contributed by atoms with Gasteiger partial charge in [0.2, 0.25) is 118 Å². The Morgan fingerprint density at radius 1 is 0.431 bits per heavy atom. The summed E-state index contributed by atoms with van der Waals surface area (Å²) in [5.41, 5.74) is 21.7. The second-order valence-electron chi connectivity index (χ2n) is 40.2. The summed E-state index contributed by atoms with van der Waals surface area (Å²) in [7, 11) is 1.13. The molecule has 2 saturated heterocycles. The van der Waals surface area contributed by atoms with E-state index in [1.807, 2.05) is 20.8 Å². The topological polar surface area (TPSA) is 771 Å². The number of carboxylic acid groups (broad SMARTS) is 2. The molecule has 144 heavy (non-hydrogen) atoms. The minimum absolute atomic E-state index is 0.0552. The van der Waals surface area contributed by atoms with E-state index in [0.717, 1.165) is 30.7 Å². The van der Waals surface area contributed by atoms with Gasteiger partial charge >= 0.3 is 11.9 Å². The lowest BCUT2D eigenvalue weighted by Crippen LogP contribution is -2.62. The molecule has 3 rings (SSSR count). The van der Waals surface area contributed by atoms with Gasteiger partial charge in [0.1, 0.15) is 102 Å². The highest BCUT2D eigenvalue weighted by Gasteiger charge is 2.48. The van der Waals surface area contributed by atoms with Gasteiger partial charge in [-0.1, -0.05) is 149 Å². The van der Waals surface area contributed by atoms with Crippen LogP contribution in [0.25, 0.3) is 0 Å². The van der Waals surface area contributed by atoms with Crippen LogP contribution in [0.5, 0.6) is 5.75 Å². The third-order valence-electron chi connectivity index (χ3n) is 24.8. The molecule has 0 aromatic heterocycles. The highest BCUT2D eigenvalue weighted by molar-refractivity contribution is 6.03. The van der Waals surface area contributed by atoms with Crippen molar-refractivity contribution in [2.45, 2.75) is 343 Å². The first kappa shape index (κ1) is 125. The van der Waals surface area contributed by atoms with Crippen LogP contribution in [0.15, 0.2) is 24.3 Å². The van der Waals surface area contributed by atoms with Gasteiger partial charge in [0, 0.05) is 26.6 Å². The minimum Gasteiger partial charge on any atom is -0.508 e. The number of carbonyl (C=O) groups is 22. The van der Waals surface area contributed by atoms with Crippen molar-refractivity contribution >= 4 is 130 Å². The quantitative estimate of drug-likeness (QED) is 0.0272. The van der Waals surface area contributed by atoms with Gasteiger partial charge in [0.25, 0.3) is 0 Å². The summed E-state index contributed by atoms with van der Waals surface area (Å²) in [5, 5.41) is 89.4. The number of aliphatic carboxylic acids is 2. The number of aliphatic hydroxyl groups is 2. The van der Waals surface area contributed by atoms with Crippen LogP contribution in [0.3, 0.4) is 0 Å². The number of primary amides is 2. The Kier molecular flexibility index (Phi) is 51.8. The fraction of sp³-hybridized carbons (Fsp3) is 0.705. The third-order valence-corrected chi connectivity index (χ3v) is 24.8. The zero-order chi connectivity index (χ0) is 110. The van der Waals surface area contributed by atoms with Crippen LogP contribution < -0.4 is 103 Å². The van der Waals surface area contributed by atoms with E-state index in [2.05, 4.69) is 79.8 Å². The zero-order valence-corrected chi connectivity index (χ0v) is 86.3. The summed E-state index contributed by atoms with van der Waals surface area (Å²) < 4.78 is 0. The maximum atomic E-state index is 14.8. The van der Waals surface area contributed by atoms with Crippen LogP contribution in [-0.2, 0) is 112 Å². The first-order valence-corrected chi connectivity index (χ1v) is 49.0. The number of nitrogens with zero attached hydrogens (tertiary/aromatic N) is 3. The van der Waals surface area contributed by atoms with Crippen LogP contribution in [-0.4, -0.2) is 325 Å². The number of likely N-dealkylation sites (tertiary alicyclic amines) is 2. The second kappa shape index (κ2) is 59.5. The van der Waals surface area contributed by atoms with Crippen molar-refractivity contribution < 1.29 is 131 Å². The molecule has 28 N–H and O–H groups in total. The number of unbranched alkanes of at least 4 members (excludes halogenated alkanes) is 1. The molecule has 1 aromatic rings. The Morgan fingerprint density at radius 2 is 0.812 bits per heavy atom. The molecular weight excluding hydrogens is 1880 g/mol. The molecule has 0 aliphatic carbocycles. The number of aliphatic hydroxyl groups excluding tert-OH is 2. The molecule has 2 aliphatic heterocycles. The predicted octanol–water partition coefficient (Wildman–Crippen LogP) is -4.99. The molecule has 21 atom stereocenters. The maximum absolute atomic E-state index is 14.8. The van der Waals surface area contributed by atoms with Crippen molar-refractivity contribution in [2.24, 2.45) is 69.8 Å². The van der Waals surface area contributed by atoms with Gasteiger partial charge in [-0.3, -0.25) is 101 Å². The number of aromatic hydroxyl groups is 1. The summed E-state index contributed by atoms with van der Waals surface area (Å²) in [5.74, 6) is -26.5. The Bertz CT molecular complexity index is 4620. The Labute approximate surface area is 839 Å². The van der Waals surface area contributed by atoms with Gasteiger partial charge in [-0.05, 0) is 136 Å². The number of phenols is 1. The first-order valence-electron chi connectivity index (χ1n) is 49.0. The molecule has 0 unspecified atom stereocenters. The standard InChI is InChI=1S/C95H158N22O27/c1-21-50(13)73(87(136)104-59(42-69(125)126)80(129)101-43-67(123)108-70(47(7)8)84(133)114-76(53(16)119)93(142)117-36-26-29-64(117)83(132)105-61(40-65(98)121)91(140)115(20)77(95(17,18)19)90(139)107-62(94(143)144)41-66(99)122)112-86(135)72(49(11)12)111-81(130)57(37-45(3)4)103-89(138)75(52(15)118)109-68(124)44-100-79(128)58(39-54-30-32-55(120)33-31-54)102-82(131)63-28-25-35-116(63)92(141)60(38-46(5)6)106-88(137)74(51(14)22-2)113-85(134)71(48(9)10)110-78(127)56(97)27-23-24-34-96/h30-33,45-53,56-64,70-77,118-120H,21-29,34-44,96-97H2,1-20H3,(H2,98,121)(H2,99,122)(H,100,128)(H,101,129)(H,102,131)(H,103,138)(H,104,136)(H,105,132)(H,106,137)(H,107,139)(H,108,123)(H,109,124)(H,110,127)(H,111,130)(H,112,135)(H,113,134)(H,114,133)(H,125,126)(H,143,144)/t50-,51-,52+,53+,56-,57-,58-,59-,60-,61-,62-,63-,64-,70-,71-,72-,73-,74-,75-,76-,77+/m0/s1. The van der Waals surface area contributed by atoms with E-state index in [0.29, 0.717) is 44.2 Å². The van der Waals surface area contributed by atoms with Crippen molar-refractivity contribution in [1.82, 2.24) is 94.5 Å².